The average molecular weight is 593 g/mol. The molecule has 0 radical (unpaired) electrons. The summed E-state index contributed by atoms with van der Waals surface area (Å²) in [6.45, 7) is 8.70. The summed E-state index contributed by atoms with van der Waals surface area (Å²) in [5, 5.41) is 4.04. The van der Waals surface area contributed by atoms with Gasteiger partial charge in [-0.1, -0.05) is 117 Å². The van der Waals surface area contributed by atoms with Gasteiger partial charge in [-0.3, -0.25) is 21.4 Å². The molecule has 0 saturated heterocycles. The van der Waals surface area contributed by atoms with Crippen LogP contribution in [-0.2, 0) is 35.4 Å². The Hall–Kier alpha value is -0.942. The van der Waals surface area contributed by atoms with Crippen molar-refractivity contribution >= 4 is 18.2 Å². The maximum atomic E-state index is 11.6. The third-order valence-corrected chi connectivity index (χ3v) is 5.96. The van der Waals surface area contributed by atoms with Gasteiger partial charge in [0.1, 0.15) is 0 Å². The Balaban J connectivity index is -0.000000612. The van der Waals surface area contributed by atoms with E-state index in [1.807, 2.05) is 6.92 Å². The fourth-order valence-corrected chi connectivity index (χ4v) is 3.61. The summed E-state index contributed by atoms with van der Waals surface area (Å²) >= 11 is 0. The average Bonchev–Trinajstić information content (AvgIpc) is 2.85. The predicted molar refractivity (Wildman–Crippen MR) is 148 cm³/mol. The number of unbranched alkanes of at least 4 members (excludes halogenated alkanes) is 14. The number of carbonyl (C=O) groups excluding carboxylic acids is 3. The second kappa shape index (κ2) is 32.1. The van der Waals surface area contributed by atoms with Gasteiger partial charge in [0.15, 0.2) is 5.91 Å². The number of nitrogens with two attached hydrogens (primary N) is 1. The molecule has 212 valence electrons. The smallest absolute Gasteiger partial charge is 0.654 e. The molecule has 36 heavy (non-hydrogen) atoms. The van der Waals surface area contributed by atoms with Gasteiger partial charge in [-0.15, -0.1) is 6.54 Å². The first-order chi connectivity index (χ1) is 16.9. The molecule has 2 N–H and O–H groups in total. The van der Waals surface area contributed by atoms with Gasteiger partial charge < -0.3 is 20.9 Å². The van der Waals surface area contributed by atoms with Crippen LogP contribution in [0.2, 0.25) is 0 Å². The van der Waals surface area contributed by atoms with Crippen molar-refractivity contribution in [1.82, 2.24) is 9.80 Å². The summed E-state index contributed by atoms with van der Waals surface area (Å²) in [5.74, 6) is -0.422. The van der Waals surface area contributed by atoms with Gasteiger partial charge in [-0.05, 0) is 19.9 Å². The Morgan fingerprint density at radius 3 is 1.64 bits per heavy atom. The van der Waals surface area contributed by atoms with Crippen molar-refractivity contribution in [2.24, 2.45) is 5.73 Å². The van der Waals surface area contributed by atoms with Crippen LogP contribution in [0.3, 0.4) is 0 Å². The first-order valence-corrected chi connectivity index (χ1v) is 14.1. The number of hydrogen-bond donors (Lipinski definition) is 1. The monoisotopic (exact) mass is 594 g/mol. The van der Waals surface area contributed by atoms with Gasteiger partial charge in [0.25, 0.3) is 0 Å². The molecule has 0 saturated carbocycles. The largest absolute Gasteiger partial charge is 2.00 e. The summed E-state index contributed by atoms with van der Waals surface area (Å²) in [6.07, 6.45) is 21.0. The van der Waals surface area contributed by atoms with Crippen molar-refractivity contribution in [1.29, 1.82) is 0 Å². The van der Waals surface area contributed by atoms with Gasteiger partial charge in [0.05, 0.1) is 6.54 Å². The quantitative estimate of drug-likeness (QED) is 0.0625. The zero-order valence-electron chi connectivity index (χ0n) is 23.7. The molecule has 0 bridgehead atoms. The molecule has 0 fully saturated rings. The minimum Gasteiger partial charge on any atom is -0.654 e. The van der Waals surface area contributed by atoms with E-state index in [0.717, 1.165) is 32.2 Å². The Kier molecular flexibility index (Phi) is 35.3. The normalized spacial score (nSPS) is 10.1. The van der Waals surface area contributed by atoms with Crippen molar-refractivity contribution in [3.8, 4) is 0 Å². The van der Waals surface area contributed by atoms with E-state index in [2.05, 4.69) is 26.2 Å². The topological polar surface area (TPSA) is 97.8 Å². The molecule has 7 nitrogen and oxygen atoms in total. The minimum atomic E-state index is -0.324. The standard InChI is InChI=1S/C16H31N2O2.C12H25N2O.Mo/c1-4-6-7-8-9-10-11-12-13-18(15-19)14-16(20)17(3)5-2;1-2-3-4-5-6-7-8-9-10-14-11-12(13)15;/h15H,3-14H2,1-2H3;2-11H2,1H3,(H2,13,15);/q2*-1;+2. The molecule has 0 aliphatic carbocycles. The molecule has 0 rings (SSSR count). The first kappa shape index (κ1) is 39.6. The summed E-state index contributed by atoms with van der Waals surface area (Å²) in [5.41, 5.74) is 4.97. The van der Waals surface area contributed by atoms with E-state index < -0.39 is 0 Å². The fourth-order valence-electron chi connectivity index (χ4n) is 3.61. The number of nitrogens with zero attached hydrogens (tertiary/aromatic N) is 3. The van der Waals surface area contributed by atoms with Crippen LogP contribution in [0.4, 0.5) is 0 Å². The van der Waals surface area contributed by atoms with Crippen molar-refractivity contribution in [2.45, 2.75) is 124 Å². The van der Waals surface area contributed by atoms with Gasteiger partial charge in [0.2, 0.25) is 12.3 Å². The Morgan fingerprint density at radius 1 is 0.778 bits per heavy atom. The second-order valence-electron chi connectivity index (χ2n) is 9.35. The molecule has 0 aromatic carbocycles. The van der Waals surface area contributed by atoms with E-state index in [-0.39, 0.29) is 46.0 Å². The van der Waals surface area contributed by atoms with E-state index in [9.17, 15) is 14.4 Å². The third-order valence-electron chi connectivity index (χ3n) is 5.96. The Labute approximate surface area is 237 Å². The predicted octanol–water partition coefficient (Wildman–Crippen LogP) is 6.21. The summed E-state index contributed by atoms with van der Waals surface area (Å²) < 4.78 is 0. The minimum absolute atomic E-state index is 0. The number of hydrogen-bond acceptors (Lipinski definition) is 3. The molecule has 0 aliphatic rings. The van der Waals surface area contributed by atoms with Gasteiger partial charge in [-0.25, -0.2) is 0 Å². The Morgan fingerprint density at radius 2 is 1.22 bits per heavy atom. The SMILES string of the molecule is CCCCCCCCCC[N-]CC(N)=O.[CH2-]N(CC)C(=O)CN(C=O)CCCCCCCCCC.[Mo+2]. The molecule has 3 amide bonds. The van der Waals surface area contributed by atoms with Gasteiger partial charge in [0, 0.05) is 6.54 Å². The van der Waals surface area contributed by atoms with Crippen LogP contribution in [0.5, 0.6) is 0 Å². The number of carbonyl (C=O) groups is 3. The molecule has 8 heteroatoms. The molecular weight excluding hydrogens is 536 g/mol. The molecule has 0 spiro atoms. The van der Waals surface area contributed by atoms with Crippen LogP contribution in [0, 0.1) is 7.05 Å². The molecule has 0 heterocycles. The molecule has 0 unspecified atom stereocenters. The third kappa shape index (κ3) is 31.1. The fraction of sp³-hybridized carbons (Fsp3) is 0.857. The van der Waals surface area contributed by atoms with Gasteiger partial charge >= 0.3 is 21.1 Å². The molecule has 0 atom stereocenters. The van der Waals surface area contributed by atoms with E-state index >= 15 is 0 Å². The van der Waals surface area contributed by atoms with E-state index in [4.69, 9.17) is 5.73 Å². The van der Waals surface area contributed by atoms with Crippen LogP contribution in [-0.4, -0.2) is 60.7 Å². The van der Waals surface area contributed by atoms with E-state index in [0.29, 0.717) is 13.1 Å². The van der Waals surface area contributed by atoms with Crippen molar-refractivity contribution in [3.05, 3.63) is 12.4 Å². The van der Waals surface area contributed by atoms with Crippen LogP contribution in [0.25, 0.3) is 5.32 Å². The van der Waals surface area contributed by atoms with Crippen LogP contribution < -0.4 is 5.73 Å². The number of likely N-dealkylation sites (N-methyl/N-ethyl adjacent to an activating group) is 1. The number of primary amides is 1. The summed E-state index contributed by atoms with van der Waals surface area (Å²) in [7, 11) is 3.63. The molecule has 0 aromatic rings. The second-order valence-corrected chi connectivity index (χ2v) is 9.35. The summed E-state index contributed by atoms with van der Waals surface area (Å²) in [6, 6.07) is 0. The van der Waals surface area contributed by atoms with E-state index in [1.54, 1.807) is 4.90 Å². The van der Waals surface area contributed by atoms with Crippen LogP contribution in [0.1, 0.15) is 124 Å². The molecule has 0 aliphatic heterocycles. The number of amides is 3. The van der Waals surface area contributed by atoms with Crippen molar-refractivity contribution in [3.63, 3.8) is 0 Å². The first-order valence-electron chi connectivity index (χ1n) is 14.1. The maximum absolute atomic E-state index is 11.6. The van der Waals surface area contributed by atoms with Crippen molar-refractivity contribution in [2.75, 3.05) is 32.7 Å². The van der Waals surface area contributed by atoms with E-state index in [1.165, 1.54) is 88.4 Å². The van der Waals surface area contributed by atoms with Crippen molar-refractivity contribution < 1.29 is 35.4 Å². The molecule has 0 aromatic heterocycles. The molecular formula is C28H56MoN4O3. The maximum Gasteiger partial charge on any atom is 2.00 e. The van der Waals surface area contributed by atoms with Crippen LogP contribution >= 0.6 is 0 Å². The summed E-state index contributed by atoms with van der Waals surface area (Å²) in [4.78, 5) is 35.9. The van der Waals surface area contributed by atoms with Gasteiger partial charge in [-0.2, -0.15) is 0 Å². The Bertz CT molecular complexity index is 495. The number of rotatable bonds is 24. The zero-order valence-corrected chi connectivity index (χ0v) is 25.7. The zero-order chi connectivity index (χ0) is 26.6. The van der Waals surface area contributed by atoms with Crippen LogP contribution in [0.15, 0.2) is 0 Å².